The Morgan fingerprint density at radius 2 is 2.14 bits per heavy atom. The van der Waals surface area contributed by atoms with Gasteiger partial charge < -0.3 is 16.9 Å². The molecule has 1 aromatic rings. The zero-order valence-electron chi connectivity index (χ0n) is 7.58. The molecule has 1 aromatic carbocycles. The Kier molecular flexibility index (Phi) is 5.14. The van der Waals surface area contributed by atoms with Gasteiger partial charge in [0.05, 0.1) is 11.4 Å². The number of anilines is 1. The number of amides is 1. The van der Waals surface area contributed by atoms with Crippen LogP contribution < -0.4 is 11.5 Å². The minimum absolute atomic E-state index is 0. The van der Waals surface area contributed by atoms with Crippen molar-refractivity contribution >= 4 is 39.3 Å². The first kappa shape index (κ1) is 13.4. The molecular formula is C8H11BrN2O2S. The molecule has 6 N–H and O–H groups in total. The third-order valence-corrected chi connectivity index (χ3v) is 3.14. The lowest BCUT2D eigenvalue weighted by molar-refractivity contribution is -0.113. The number of rotatable bonds is 0. The monoisotopic (exact) mass is 278 g/mol. The molecule has 0 unspecified atom stereocenters. The summed E-state index contributed by atoms with van der Waals surface area (Å²) in [4.78, 5) is 12.1. The fraction of sp³-hybridized carbons (Fsp3) is 0.125. The lowest BCUT2D eigenvalue weighted by atomic mass is 10.3. The van der Waals surface area contributed by atoms with E-state index >= 15 is 0 Å². The second-order valence-corrected chi connectivity index (χ2v) is 4.41. The zero-order chi connectivity index (χ0) is 8.55. The number of halogens is 1. The highest BCUT2D eigenvalue weighted by molar-refractivity contribution is 9.10. The van der Waals surface area contributed by atoms with Gasteiger partial charge in [-0.25, -0.2) is 0 Å². The molecule has 1 amide bonds. The lowest BCUT2D eigenvalue weighted by Crippen LogP contribution is -2.18. The van der Waals surface area contributed by atoms with Crippen LogP contribution >= 0.6 is 27.7 Å². The molecule has 0 bridgehead atoms. The summed E-state index contributed by atoms with van der Waals surface area (Å²) < 4.78 is 0.990. The standard InChI is InChI=1S/C8H6BrNOS.H3N.H2O/c9-5-1-2-7-6(3-5)10-8(11)4-12-7;;/h1-3H,4H2,(H,10,11);1H3;1H2. The van der Waals surface area contributed by atoms with Crippen LogP contribution in [-0.2, 0) is 4.79 Å². The number of thioether (sulfide) groups is 1. The van der Waals surface area contributed by atoms with Crippen LogP contribution in [0, 0.1) is 0 Å². The molecule has 0 saturated heterocycles. The quantitative estimate of drug-likeness (QED) is 0.764. The highest BCUT2D eigenvalue weighted by atomic mass is 79.9. The number of fused-ring (bicyclic) bond motifs is 1. The van der Waals surface area contributed by atoms with E-state index in [0.717, 1.165) is 15.1 Å². The molecule has 0 atom stereocenters. The van der Waals surface area contributed by atoms with Crippen molar-refractivity contribution in [1.29, 1.82) is 0 Å². The van der Waals surface area contributed by atoms with Gasteiger partial charge in [0.1, 0.15) is 0 Å². The predicted molar refractivity (Wildman–Crippen MR) is 61.4 cm³/mol. The van der Waals surface area contributed by atoms with Crippen molar-refractivity contribution in [1.82, 2.24) is 6.15 Å². The molecule has 0 saturated carbocycles. The second kappa shape index (κ2) is 5.35. The summed E-state index contributed by atoms with van der Waals surface area (Å²) in [6.07, 6.45) is 0. The largest absolute Gasteiger partial charge is 0.870 e. The van der Waals surface area contributed by atoms with Gasteiger partial charge in [0.25, 0.3) is 0 Å². The second-order valence-electron chi connectivity index (χ2n) is 2.48. The first-order valence-corrected chi connectivity index (χ1v) is 5.26. The van der Waals surface area contributed by atoms with Crippen LogP contribution in [0.25, 0.3) is 0 Å². The average molecular weight is 279 g/mol. The van der Waals surface area contributed by atoms with E-state index in [1.807, 2.05) is 18.2 Å². The first-order chi connectivity index (χ1) is 5.75. The van der Waals surface area contributed by atoms with Gasteiger partial charge in [0.15, 0.2) is 0 Å². The summed E-state index contributed by atoms with van der Waals surface area (Å²) in [6, 6.07) is 5.90. The molecule has 14 heavy (non-hydrogen) atoms. The fourth-order valence-electron chi connectivity index (χ4n) is 1.06. The maximum absolute atomic E-state index is 11.0. The molecule has 2 rings (SSSR count). The Hall–Kier alpha value is -0.560. The molecule has 1 heterocycles. The van der Waals surface area contributed by atoms with Crippen LogP contribution in [0.4, 0.5) is 5.69 Å². The number of hydrogen-bond acceptors (Lipinski definition) is 3. The molecule has 0 fully saturated rings. The number of benzene rings is 1. The minimum atomic E-state index is 0. The Balaban J connectivity index is 0.000000845. The van der Waals surface area contributed by atoms with Crippen molar-refractivity contribution in [2.45, 2.75) is 4.90 Å². The van der Waals surface area contributed by atoms with Gasteiger partial charge in [-0.05, 0) is 18.2 Å². The molecule has 1 aliphatic heterocycles. The van der Waals surface area contributed by atoms with Crippen molar-refractivity contribution in [3.8, 4) is 0 Å². The maximum atomic E-state index is 11.0. The van der Waals surface area contributed by atoms with Crippen molar-refractivity contribution in [3.05, 3.63) is 22.7 Å². The van der Waals surface area contributed by atoms with Gasteiger partial charge in [0.2, 0.25) is 5.91 Å². The minimum Gasteiger partial charge on any atom is -0.870 e. The Morgan fingerprint density at radius 1 is 1.43 bits per heavy atom. The molecule has 0 spiro atoms. The summed E-state index contributed by atoms with van der Waals surface area (Å²) in [5, 5.41) is 2.81. The van der Waals surface area contributed by atoms with Crippen LogP contribution in [0.2, 0.25) is 0 Å². The van der Waals surface area contributed by atoms with Crippen molar-refractivity contribution < 1.29 is 10.3 Å². The van der Waals surface area contributed by atoms with E-state index in [2.05, 4.69) is 21.2 Å². The van der Waals surface area contributed by atoms with Gasteiger partial charge >= 0.3 is 0 Å². The van der Waals surface area contributed by atoms with Gasteiger partial charge in [-0.2, -0.15) is 0 Å². The van der Waals surface area contributed by atoms with E-state index in [4.69, 9.17) is 0 Å². The molecule has 0 radical (unpaired) electrons. The zero-order valence-corrected chi connectivity index (χ0v) is 9.98. The van der Waals surface area contributed by atoms with Gasteiger partial charge in [-0.1, -0.05) is 15.9 Å². The van der Waals surface area contributed by atoms with Gasteiger partial charge in [0, 0.05) is 9.37 Å². The summed E-state index contributed by atoms with van der Waals surface area (Å²) in [5.41, 5.74) is 0.908. The van der Waals surface area contributed by atoms with Crippen LogP contribution in [0.15, 0.2) is 27.6 Å². The van der Waals surface area contributed by atoms with E-state index in [-0.39, 0.29) is 17.5 Å². The average Bonchev–Trinajstić information content (AvgIpc) is 2.03. The van der Waals surface area contributed by atoms with Crippen molar-refractivity contribution in [3.63, 3.8) is 0 Å². The molecule has 6 heteroatoms. The molecule has 0 aliphatic carbocycles. The van der Waals surface area contributed by atoms with Crippen LogP contribution in [0.1, 0.15) is 0 Å². The number of hydrogen-bond donors (Lipinski definition) is 2. The predicted octanol–water partition coefficient (Wildman–Crippen LogP) is 2.69. The van der Waals surface area contributed by atoms with Crippen LogP contribution in [-0.4, -0.2) is 17.1 Å². The van der Waals surface area contributed by atoms with E-state index in [0.29, 0.717) is 5.75 Å². The lowest BCUT2D eigenvalue weighted by Gasteiger charge is -2.15. The summed E-state index contributed by atoms with van der Waals surface area (Å²) >= 11 is 4.92. The molecule has 78 valence electrons. The first-order valence-electron chi connectivity index (χ1n) is 3.48. The van der Waals surface area contributed by atoms with E-state index < -0.39 is 0 Å². The summed E-state index contributed by atoms with van der Waals surface area (Å²) in [5.74, 6) is 0.597. The highest BCUT2D eigenvalue weighted by Gasteiger charge is 2.14. The topological polar surface area (TPSA) is 95.6 Å². The SMILES string of the molecule is O=C1CSc2ccc(Br)cc2N1.[NH4+].[OH-]. The number of quaternary nitrogens is 1. The van der Waals surface area contributed by atoms with E-state index in [1.54, 1.807) is 11.8 Å². The van der Waals surface area contributed by atoms with Crippen molar-refractivity contribution in [2.24, 2.45) is 0 Å². The molecule has 0 aromatic heterocycles. The Labute approximate surface area is 94.5 Å². The van der Waals surface area contributed by atoms with Gasteiger partial charge in [-0.3, -0.25) is 4.79 Å². The number of carbonyl (C=O) groups excluding carboxylic acids is 1. The molecular weight excluding hydrogens is 268 g/mol. The van der Waals surface area contributed by atoms with Crippen LogP contribution in [0.5, 0.6) is 0 Å². The summed E-state index contributed by atoms with van der Waals surface area (Å²) in [6.45, 7) is 0. The van der Waals surface area contributed by atoms with E-state index in [1.165, 1.54) is 0 Å². The van der Waals surface area contributed by atoms with Gasteiger partial charge in [-0.15, -0.1) is 11.8 Å². The fourth-order valence-corrected chi connectivity index (χ4v) is 2.20. The Bertz CT molecular complexity index is 346. The number of carbonyl (C=O) groups is 1. The third kappa shape index (κ3) is 2.71. The Morgan fingerprint density at radius 3 is 2.86 bits per heavy atom. The maximum Gasteiger partial charge on any atom is 0.234 e. The third-order valence-electron chi connectivity index (χ3n) is 1.57. The smallest absolute Gasteiger partial charge is 0.234 e. The molecule has 4 nitrogen and oxygen atoms in total. The normalized spacial score (nSPS) is 13.1. The van der Waals surface area contributed by atoms with Crippen molar-refractivity contribution in [2.75, 3.05) is 11.1 Å². The van der Waals surface area contributed by atoms with E-state index in [9.17, 15) is 4.79 Å². The number of nitrogens with one attached hydrogen (secondary N) is 1. The highest BCUT2D eigenvalue weighted by Crippen LogP contribution is 2.33. The van der Waals surface area contributed by atoms with Crippen LogP contribution in [0.3, 0.4) is 0 Å². The molecule has 1 aliphatic rings. The summed E-state index contributed by atoms with van der Waals surface area (Å²) in [7, 11) is 0.